The summed E-state index contributed by atoms with van der Waals surface area (Å²) in [6.45, 7) is 0.435. The first-order valence-electron chi connectivity index (χ1n) is 6.39. The van der Waals surface area contributed by atoms with Gasteiger partial charge in [0.15, 0.2) is 0 Å². The molecule has 0 saturated heterocycles. The molecule has 1 fully saturated rings. The number of halogens is 3. The van der Waals surface area contributed by atoms with Crippen LogP contribution in [-0.4, -0.2) is 20.3 Å². The molecule has 20 heavy (non-hydrogen) atoms. The number of nitrogens with one attached hydrogen (secondary N) is 1. The van der Waals surface area contributed by atoms with E-state index in [1.54, 1.807) is 0 Å². The molecule has 0 spiro atoms. The number of hydrogen-bond donors (Lipinski definition) is 1. The van der Waals surface area contributed by atoms with Gasteiger partial charge in [0.2, 0.25) is 10.0 Å². The van der Waals surface area contributed by atoms with Crippen LogP contribution in [-0.2, 0) is 10.0 Å². The van der Waals surface area contributed by atoms with Gasteiger partial charge >= 0.3 is 0 Å². The van der Waals surface area contributed by atoms with E-state index in [0.29, 0.717) is 16.6 Å². The van der Waals surface area contributed by atoms with Crippen molar-refractivity contribution in [2.45, 2.75) is 30.6 Å². The lowest BCUT2D eigenvalue weighted by atomic mass is 9.89. The Labute approximate surface area is 138 Å². The maximum atomic E-state index is 12.3. The standard InChI is InChI=1S/C13H16BrCl2NO2S/c14-8-13(3-1-2-4-13)9-17-20(18,19)12-6-10(15)5-11(16)7-12/h5-7,17H,1-4,8-9H2. The predicted molar refractivity (Wildman–Crippen MR) is 86.3 cm³/mol. The SMILES string of the molecule is O=S(=O)(NCC1(CBr)CCCC1)c1cc(Cl)cc(Cl)c1. The first-order valence-corrected chi connectivity index (χ1v) is 9.75. The Bertz CT molecular complexity index is 566. The van der Waals surface area contributed by atoms with Gasteiger partial charge in [0.05, 0.1) is 4.90 Å². The first-order chi connectivity index (χ1) is 9.37. The summed E-state index contributed by atoms with van der Waals surface area (Å²) < 4.78 is 27.3. The van der Waals surface area contributed by atoms with Crippen molar-refractivity contribution in [1.29, 1.82) is 0 Å². The summed E-state index contributed by atoms with van der Waals surface area (Å²) in [7, 11) is -3.58. The van der Waals surface area contributed by atoms with Crippen LogP contribution >= 0.6 is 39.1 Å². The zero-order chi connectivity index (χ0) is 14.8. The van der Waals surface area contributed by atoms with Gasteiger partial charge in [-0.25, -0.2) is 13.1 Å². The second-order valence-corrected chi connectivity index (χ2v) is 8.47. The Morgan fingerprint density at radius 1 is 1.15 bits per heavy atom. The molecule has 0 bridgehead atoms. The summed E-state index contributed by atoms with van der Waals surface area (Å²) >= 11 is 15.2. The van der Waals surface area contributed by atoms with E-state index in [0.717, 1.165) is 31.0 Å². The van der Waals surface area contributed by atoms with Gasteiger partial charge in [0, 0.05) is 21.9 Å². The van der Waals surface area contributed by atoms with Crippen molar-refractivity contribution in [2.75, 3.05) is 11.9 Å². The van der Waals surface area contributed by atoms with Crippen molar-refractivity contribution in [1.82, 2.24) is 4.72 Å². The Morgan fingerprint density at radius 3 is 2.20 bits per heavy atom. The third kappa shape index (κ3) is 3.89. The minimum Gasteiger partial charge on any atom is -0.211 e. The lowest BCUT2D eigenvalue weighted by molar-refractivity contribution is 0.347. The number of hydrogen-bond acceptors (Lipinski definition) is 2. The second-order valence-electron chi connectivity index (χ2n) is 5.27. The van der Waals surface area contributed by atoms with Gasteiger partial charge in [-0.15, -0.1) is 0 Å². The van der Waals surface area contributed by atoms with Crippen LogP contribution in [0.25, 0.3) is 0 Å². The summed E-state index contributed by atoms with van der Waals surface area (Å²) in [6.07, 6.45) is 4.38. The number of alkyl halides is 1. The third-order valence-electron chi connectivity index (χ3n) is 3.73. The molecule has 0 amide bonds. The molecular weight excluding hydrogens is 385 g/mol. The van der Waals surface area contributed by atoms with Crippen LogP contribution in [0.3, 0.4) is 0 Å². The van der Waals surface area contributed by atoms with E-state index in [4.69, 9.17) is 23.2 Å². The van der Waals surface area contributed by atoms with E-state index < -0.39 is 10.0 Å². The van der Waals surface area contributed by atoms with Crippen molar-refractivity contribution in [3.8, 4) is 0 Å². The van der Waals surface area contributed by atoms with Crippen LogP contribution < -0.4 is 4.72 Å². The number of benzene rings is 1. The molecule has 0 aromatic heterocycles. The fraction of sp³-hybridized carbons (Fsp3) is 0.538. The zero-order valence-corrected chi connectivity index (χ0v) is 14.7. The molecule has 0 aliphatic heterocycles. The quantitative estimate of drug-likeness (QED) is 0.751. The number of rotatable bonds is 5. The van der Waals surface area contributed by atoms with Crippen molar-refractivity contribution in [3.05, 3.63) is 28.2 Å². The lowest BCUT2D eigenvalue weighted by Crippen LogP contribution is -2.37. The molecule has 7 heteroatoms. The molecule has 112 valence electrons. The van der Waals surface area contributed by atoms with Crippen LogP contribution in [0.15, 0.2) is 23.1 Å². The lowest BCUT2D eigenvalue weighted by Gasteiger charge is -2.26. The van der Waals surface area contributed by atoms with Gasteiger partial charge in [-0.05, 0) is 36.5 Å². The minimum atomic E-state index is -3.58. The van der Waals surface area contributed by atoms with Gasteiger partial charge < -0.3 is 0 Å². The van der Waals surface area contributed by atoms with E-state index in [1.165, 1.54) is 18.2 Å². The van der Waals surface area contributed by atoms with Gasteiger partial charge in [-0.2, -0.15) is 0 Å². The monoisotopic (exact) mass is 399 g/mol. The van der Waals surface area contributed by atoms with Crippen LogP contribution in [0.5, 0.6) is 0 Å². The topological polar surface area (TPSA) is 46.2 Å². The molecule has 0 unspecified atom stereocenters. The molecule has 0 atom stereocenters. The largest absolute Gasteiger partial charge is 0.240 e. The van der Waals surface area contributed by atoms with Gasteiger partial charge in [0.25, 0.3) is 0 Å². The van der Waals surface area contributed by atoms with Gasteiger partial charge in [-0.1, -0.05) is 52.0 Å². The maximum Gasteiger partial charge on any atom is 0.240 e. The van der Waals surface area contributed by atoms with Crippen LogP contribution in [0.1, 0.15) is 25.7 Å². The van der Waals surface area contributed by atoms with Crippen molar-refractivity contribution in [3.63, 3.8) is 0 Å². The Morgan fingerprint density at radius 2 is 1.70 bits per heavy atom. The second kappa shape index (κ2) is 6.53. The molecule has 1 saturated carbocycles. The van der Waals surface area contributed by atoms with Crippen molar-refractivity contribution in [2.24, 2.45) is 5.41 Å². The third-order valence-corrected chi connectivity index (χ3v) is 6.74. The molecule has 2 rings (SSSR count). The minimum absolute atomic E-state index is 0.0233. The molecule has 3 nitrogen and oxygen atoms in total. The molecule has 1 aliphatic rings. The van der Waals surface area contributed by atoms with Gasteiger partial charge in [-0.3, -0.25) is 0 Å². The molecule has 0 heterocycles. The van der Waals surface area contributed by atoms with Crippen LogP contribution in [0, 0.1) is 5.41 Å². The Kier molecular flexibility index (Phi) is 5.40. The molecule has 1 aromatic rings. The van der Waals surface area contributed by atoms with E-state index in [9.17, 15) is 8.42 Å². The van der Waals surface area contributed by atoms with E-state index >= 15 is 0 Å². The molecule has 1 aromatic carbocycles. The van der Waals surface area contributed by atoms with Crippen molar-refractivity contribution >= 4 is 49.2 Å². The number of sulfonamides is 1. The zero-order valence-electron chi connectivity index (χ0n) is 10.8. The molecule has 0 radical (unpaired) electrons. The van der Waals surface area contributed by atoms with Crippen LogP contribution in [0.2, 0.25) is 10.0 Å². The van der Waals surface area contributed by atoms with Crippen molar-refractivity contribution < 1.29 is 8.42 Å². The normalized spacial score (nSPS) is 18.4. The van der Waals surface area contributed by atoms with E-state index in [-0.39, 0.29) is 10.3 Å². The smallest absolute Gasteiger partial charge is 0.211 e. The Hall–Kier alpha value is 0.190. The molecule has 1 aliphatic carbocycles. The average molecular weight is 401 g/mol. The predicted octanol–water partition coefficient (Wildman–Crippen LogP) is 4.23. The maximum absolute atomic E-state index is 12.3. The highest BCUT2D eigenvalue weighted by atomic mass is 79.9. The van der Waals surface area contributed by atoms with E-state index in [2.05, 4.69) is 20.7 Å². The summed E-state index contributed by atoms with van der Waals surface area (Å²) in [4.78, 5) is 0.109. The van der Waals surface area contributed by atoms with Crippen LogP contribution in [0.4, 0.5) is 0 Å². The van der Waals surface area contributed by atoms with E-state index in [1.807, 2.05) is 0 Å². The Balaban J connectivity index is 2.15. The summed E-state index contributed by atoms with van der Waals surface area (Å²) in [5.74, 6) is 0. The summed E-state index contributed by atoms with van der Waals surface area (Å²) in [6, 6.07) is 4.33. The fourth-order valence-electron chi connectivity index (χ4n) is 2.50. The van der Waals surface area contributed by atoms with Gasteiger partial charge in [0.1, 0.15) is 0 Å². The average Bonchev–Trinajstić information content (AvgIpc) is 2.85. The highest BCUT2D eigenvalue weighted by molar-refractivity contribution is 9.09. The molecular formula is C13H16BrCl2NO2S. The summed E-state index contributed by atoms with van der Waals surface area (Å²) in [5.41, 5.74) is 0.0233. The first kappa shape index (κ1) is 16.6. The highest BCUT2D eigenvalue weighted by Crippen LogP contribution is 2.39. The highest BCUT2D eigenvalue weighted by Gasteiger charge is 2.34. The summed E-state index contributed by atoms with van der Waals surface area (Å²) in [5, 5.41) is 1.43. The fourth-order valence-corrected chi connectivity index (χ4v) is 5.14. The molecule has 1 N–H and O–H groups in total.